The fraction of sp³-hybridized carbons (Fsp3) is 0.350. The first-order chi connectivity index (χ1) is 12.5. The number of hydrogen-bond acceptors (Lipinski definition) is 4. The van der Waals surface area contributed by atoms with Crippen LogP contribution in [0.2, 0.25) is 5.02 Å². The minimum absolute atomic E-state index is 0.195. The summed E-state index contributed by atoms with van der Waals surface area (Å²) in [5.41, 5.74) is 9.93. The second-order valence-corrected chi connectivity index (χ2v) is 7.13. The van der Waals surface area contributed by atoms with Crippen LogP contribution in [0.3, 0.4) is 0 Å². The zero-order valence-electron chi connectivity index (χ0n) is 15.1. The van der Waals surface area contributed by atoms with Crippen molar-refractivity contribution in [3.63, 3.8) is 0 Å². The van der Waals surface area contributed by atoms with E-state index in [1.54, 1.807) is 6.07 Å². The van der Waals surface area contributed by atoms with Crippen molar-refractivity contribution < 1.29 is 9.53 Å². The zero-order valence-corrected chi connectivity index (χ0v) is 15.8. The van der Waals surface area contributed by atoms with Gasteiger partial charge in [-0.15, -0.1) is 0 Å². The Hall–Kier alpha value is -2.24. The zero-order chi connectivity index (χ0) is 18.7. The molecule has 0 spiro atoms. The van der Waals surface area contributed by atoms with Crippen LogP contribution in [0, 0.1) is 0 Å². The van der Waals surface area contributed by atoms with Crippen LogP contribution in [0.5, 0.6) is 0 Å². The third-order valence-electron chi connectivity index (χ3n) is 4.56. The van der Waals surface area contributed by atoms with E-state index in [1.165, 1.54) is 5.56 Å². The molecule has 26 heavy (non-hydrogen) atoms. The van der Waals surface area contributed by atoms with Crippen LogP contribution in [0.25, 0.3) is 0 Å². The number of morpholine rings is 1. The number of ether oxygens (including phenoxy) is 1. The Bertz CT molecular complexity index is 784. The normalized spacial score (nSPS) is 14.5. The van der Waals surface area contributed by atoms with Gasteiger partial charge in [-0.05, 0) is 35.7 Å². The highest BCUT2D eigenvalue weighted by atomic mass is 35.5. The standard InChI is InChI=1S/C20H24ClN3O2/c1-13(2)14-3-5-15(6-4-14)20(25)23-18-12-19(17(22)11-16(18)21)24-7-9-26-10-8-24/h3-6,11-13H,7-10,22H2,1-2H3,(H,23,25). The molecule has 0 saturated carbocycles. The van der Waals surface area contributed by atoms with Gasteiger partial charge in [0, 0.05) is 18.7 Å². The molecule has 1 aliphatic rings. The summed E-state index contributed by atoms with van der Waals surface area (Å²) >= 11 is 6.30. The second kappa shape index (κ2) is 7.98. The minimum Gasteiger partial charge on any atom is -0.397 e. The highest BCUT2D eigenvalue weighted by Gasteiger charge is 2.17. The number of carbonyl (C=O) groups excluding carboxylic acids is 1. The maximum absolute atomic E-state index is 12.6. The lowest BCUT2D eigenvalue weighted by Crippen LogP contribution is -2.36. The van der Waals surface area contributed by atoms with Crippen molar-refractivity contribution >= 4 is 34.6 Å². The van der Waals surface area contributed by atoms with Gasteiger partial charge in [-0.25, -0.2) is 0 Å². The van der Waals surface area contributed by atoms with Gasteiger partial charge in [-0.2, -0.15) is 0 Å². The van der Waals surface area contributed by atoms with Gasteiger partial charge in [0.15, 0.2) is 0 Å². The molecule has 3 N–H and O–H groups in total. The molecule has 138 valence electrons. The molecule has 3 rings (SSSR count). The maximum atomic E-state index is 12.6. The molecule has 0 atom stereocenters. The predicted octanol–water partition coefficient (Wildman–Crippen LogP) is 4.13. The van der Waals surface area contributed by atoms with Crippen molar-refractivity contribution in [2.45, 2.75) is 19.8 Å². The van der Waals surface area contributed by atoms with E-state index in [2.05, 4.69) is 24.1 Å². The van der Waals surface area contributed by atoms with Crippen LogP contribution in [0.1, 0.15) is 35.7 Å². The molecule has 1 aliphatic heterocycles. The number of nitrogens with two attached hydrogens (primary N) is 1. The molecular formula is C20H24ClN3O2. The van der Waals surface area contributed by atoms with Crippen molar-refractivity contribution in [1.82, 2.24) is 0 Å². The predicted molar refractivity (Wildman–Crippen MR) is 107 cm³/mol. The Balaban J connectivity index is 1.81. The largest absolute Gasteiger partial charge is 0.397 e. The lowest BCUT2D eigenvalue weighted by molar-refractivity contribution is 0.102. The molecule has 6 heteroatoms. The molecule has 2 aromatic carbocycles. The van der Waals surface area contributed by atoms with E-state index < -0.39 is 0 Å². The number of amides is 1. The summed E-state index contributed by atoms with van der Waals surface area (Å²) in [6.07, 6.45) is 0. The highest BCUT2D eigenvalue weighted by Crippen LogP contribution is 2.34. The second-order valence-electron chi connectivity index (χ2n) is 6.72. The van der Waals surface area contributed by atoms with Gasteiger partial charge in [0.25, 0.3) is 5.91 Å². The topological polar surface area (TPSA) is 67.6 Å². The Morgan fingerprint density at radius 1 is 1.19 bits per heavy atom. The quantitative estimate of drug-likeness (QED) is 0.790. The molecule has 1 heterocycles. The van der Waals surface area contributed by atoms with Crippen molar-refractivity contribution in [3.05, 3.63) is 52.5 Å². The number of nitrogen functional groups attached to an aromatic ring is 1. The third-order valence-corrected chi connectivity index (χ3v) is 4.87. The molecule has 1 saturated heterocycles. The molecule has 1 amide bonds. The number of rotatable bonds is 4. The average molecular weight is 374 g/mol. The van der Waals surface area contributed by atoms with Gasteiger partial charge >= 0.3 is 0 Å². The Kier molecular flexibility index (Phi) is 5.69. The van der Waals surface area contributed by atoms with Crippen molar-refractivity contribution in [2.75, 3.05) is 42.3 Å². The van der Waals surface area contributed by atoms with E-state index in [0.717, 1.165) is 18.8 Å². The molecule has 0 aromatic heterocycles. The monoisotopic (exact) mass is 373 g/mol. The summed E-state index contributed by atoms with van der Waals surface area (Å²) in [5.74, 6) is 0.231. The average Bonchev–Trinajstić information content (AvgIpc) is 2.64. The van der Waals surface area contributed by atoms with E-state index in [1.807, 2.05) is 30.3 Å². The van der Waals surface area contributed by atoms with E-state index in [9.17, 15) is 4.79 Å². The molecule has 0 radical (unpaired) electrons. The number of nitrogens with zero attached hydrogens (tertiary/aromatic N) is 1. The first-order valence-electron chi connectivity index (χ1n) is 8.78. The number of hydrogen-bond donors (Lipinski definition) is 2. The molecule has 2 aromatic rings. The maximum Gasteiger partial charge on any atom is 0.255 e. The van der Waals surface area contributed by atoms with E-state index in [0.29, 0.717) is 41.1 Å². The lowest BCUT2D eigenvalue weighted by Gasteiger charge is -2.30. The van der Waals surface area contributed by atoms with Crippen molar-refractivity contribution in [1.29, 1.82) is 0 Å². The van der Waals surface area contributed by atoms with Gasteiger partial charge in [0.05, 0.1) is 35.3 Å². The molecule has 0 unspecified atom stereocenters. The summed E-state index contributed by atoms with van der Waals surface area (Å²) in [4.78, 5) is 14.7. The smallest absolute Gasteiger partial charge is 0.255 e. The Morgan fingerprint density at radius 3 is 2.46 bits per heavy atom. The van der Waals surface area contributed by atoms with Gasteiger partial charge in [-0.3, -0.25) is 4.79 Å². The summed E-state index contributed by atoms with van der Waals surface area (Å²) in [6.45, 7) is 7.08. The fourth-order valence-corrected chi connectivity index (χ4v) is 3.18. The highest BCUT2D eigenvalue weighted by molar-refractivity contribution is 6.34. The summed E-state index contributed by atoms with van der Waals surface area (Å²) < 4.78 is 5.39. The SMILES string of the molecule is CC(C)c1ccc(C(=O)Nc2cc(N3CCOCC3)c(N)cc2Cl)cc1. The number of carbonyl (C=O) groups is 1. The number of halogens is 1. The van der Waals surface area contributed by atoms with Crippen LogP contribution in [0.15, 0.2) is 36.4 Å². The van der Waals surface area contributed by atoms with Crippen LogP contribution in [-0.2, 0) is 4.74 Å². The van der Waals surface area contributed by atoms with Crippen LogP contribution in [-0.4, -0.2) is 32.2 Å². The van der Waals surface area contributed by atoms with E-state index >= 15 is 0 Å². The summed E-state index contributed by atoms with van der Waals surface area (Å²) in [7, 11) is 0. The number of benzene rings is 2. The van der Waals surface area contributed by atoms with Gasteiger partial charge in [-0.1, -0.05) is 37.6 Å². The Morgan fingerprint density at radius 2 is 1.85 bits per heavy atom. The molecule has 0 aliphatic carbocycles. The molecule has 0 bridgehead atoms. The van der Waals surface area contributed by atoms with Gasteiger partial charge in [0.1, 0.15) is 0 Å². The van der Waals surface area contributed by atoms with E-state index in [4.69, 9.17) is 22.1 Å². The first kappa shape index (κ1) is 18.5. The summed E-state index contributed by atoms with van der Waals surface area (Å²) in [6, 6.07) is 11.1. The van der Waals surface area contributed by atoms with Crippen LogP contribution in [0.4, 0.5) is 17.1 Å². The van der Waals surface area contributed by atoms with Gasteiger partial charge in [0.2, 0.25) is 0 Å². The van der Waals surface area contributed by atoms with Crippen LogP contribution >= 0.6 is 11.6 Å². The third kappa shape index (κ3) is 4.11. The Labute approximate surface area is 159 Å². The molecule has 1 fully saturated rings. The number of anilines is 3. The number of nitrogens with one attached hydrogen (secondary N) is 1. The van der Waals surface area contributed by atoms with E-state index in [-0.39, 0.29) is 5.91 Å². The minimum atomic E-state index is -0.195. The molecule has 5 nitrogen and oxygen atoms in total. The molecular weight excluding hydrogens is 350 g/mol. The van der Waals surface area contributed by atoms with Crippen LogP contribution < -0.4 is 16.0 Å². The first-order valence-corrected chi connectivity index (χ1v) is 9.16. The fourth-order valence-electron chi connectivity index (χ4n) is 2.96. The lowest BCUT2D eigenvalue weighted by atomic mass is 10.0. The van der Waals surface area contributed by atoms with Crippen molar-refractivity contribution in [3.8, 4) is 0 Å². The van der Waals surface area contributed by atoms with Crippen molar-refractivity contribution in [2.24, 2.45) is 0 Å². The summed E-state index contributed by atoms with van der Waals surface area (Å²) in [5, 5.41) is 3.32. The van der Waals surface area contributed by atoms with Gasteiger partial charge < -0.3 is 20.7 Å².